The fraction of sp³-hybridized carbons (Fsp3) is 0.500. The number of halogens is 2. The third-order valence-corrected chi connectivity index (χ3v) is 5.89. The van der Waals surface area contributed by atoms with Crippen LogP contribution in [0.25, 0.3) is 0 Å². The van der Waals surface area contributed by atoms with Crippen LogP contribution in [0.5, 0.6) is 5.75 Å². The summed E-state index contributed by atoms with van der Waals surface area (Å²) < 4.78 is 33.0. The van der Waals surface area contributed by atoms with Gasteiger partial charge in [0.15, 0.2) is 0 Å². The van der Waals surface area contributed by atoms with Crippen LogP contribution in [0, 0.1) is 0 Å². The second-order valence-corrected chi connectivity index (χ2v) is 7.53. The Hall–Kier alpha value is -0.340. The molecule has 0 bridgehead atoms. The second-order valence-electron chi connectivity index (χ2n) is 4.58. The first kappa shape index (κ1) is 16.0. The lowest BCUT2D eigenvalue weighted by atomic mass is 10.1. The number of piperidine rings is 1. The van der Waals surface area contributed by atoms with Crippen molar-refractivity contribution in [2.75, 3.05) is 20.2 Å². The summed E-state index contributed by atoms with van der Waals surface area (Å²) in [7, 11) is -2.13. The first-order chi connectivity index (χ1) is 9.44. The molecule has 2 N–H and O–H groups in total. The van der Waals surface area contributed by atoms with Crippen molar-refractivity contribution in [3.63, 3.8) is 0 Å². The number of hydrogen-bond acceptors (Lipinski definition) is 4. The van der Waals surface area contributed by atoms with E-state index < -0.39 is 10.0 Å². The first-order valence-electron chi connectivity index (χ1n) is 6.20. The molecule has 0 saturated carbocycles. The number of nitrogens with one attached hydrogen (secondary N) is 2. The van der Waals surface area contributed by atoms with Crippen molar-refractivity contribution in [1.82, 2.24) is 10.0 Å². The van der Waals surface area contributed by atoms with Crippen LogP contribution >= 0.6 is 27.5 Å². The van der Waals surface area contributed by atoms with E-state index in [0.29, 0.717) is 16.8 Å². The average Bonchev–Trinajstić information content (AvgIpc) is 2.41. The molecule has 1 aromatic rings. The fourth-order valence-corrected chi connectivity index (χ4v) is 4.73. The lowest BCUT2D eigenvalue weighted by molar-refractivity contribution is 0.414. The third-order valence-electron chi connectivity index (χ3n) is 3.11. The van der Waals surface area contributed by atoms with Gasteiger partial charge < -0.3 is 10.1 Å². The maximum atomic E-state index is 12.4. The summed E-state index contributed by atoms with van der Waals surface area (Å²) in [5.74, 6) is 0.428. The molecule has 0 aliphatic carbocycles. The van der Waals surface area contributed by atoms with Crippen molar-refractivity contribution >= 4 is 37.6 Å². The molecule has 0 radical (unpaired) electrons. The lowest BCUT2D eigenvalue weighted by Crippen LogP contribution is -2.45. The van der Waals surface area contributed by atoms with E-state index in [4.69, 9.17) is 16.3 Å². The molecule has 1 heterocycles. The third kappa shape index (κ3) is 3.65. The molecule has 5 nitrogen and oxygen atoms in total. The Morgan fingerprint density at radius 1 is 1.50 bits per heavy atom. The summed E-state index contributed by atoms with van der Waals surface area (Å²) in [4.78, 5) is 0.119. The fourth-order valence-electron chi connectivity index (χ4n) is 2.11. The van der Waals surface area contributed by atoms with E-state index in [1.54, 1.807) is 6.07 Å². The van der Waals surface area contributed by atoms with Gasteiger partial charge in [-0.15, -0.1) is 0 Å². The lowest BCUT2D eigenvalue weighted by Gasteiger charge is -2.24. The van der Waals surface area contributed by atoms with E-state index in [9.17, 15) is 8.42 Å². The van der Waals surface area contributed by atoms with E-state index in [1.807, 2.05) is 0 Å². The molecular weight excluding hydrogens is 368 g/mol. The van der Waals surface area contributed by atoms with Crippen LogP contribution in [0.1, 0.15) is 12.8 Å². The van der Waals surface area contributed by atoms with Gasteiger partial charge in [-0.25, -0.2) is 13.1 Å². The van der Waals surface area contributed by atoms with Gasteiger partial charge in [0.1, 0.15) is 5.75 Å². The topological polar surface area (TPSA) is 67.4 Å². The Kier molecular flexibility index (Phi) is 5.30. The highest BCUT2D eigenvalue weighted by Gasteiger charge is 2.24. The Morgan fingerprint density at radius 2 is 2.25 bits per heavy atom. The maximum absolute atomic E-state index is 12.4. The molecule has 1 fully saturated rings. The zero-order valence-electron chi connectivity index (χ0n) is 10.9. The first-order valence-corrected chi connectivity index (χ1v) is 8.85. The van der Waals surface area contributed by atoms with Gasteiger partial charge in [-0.3, -0.25) is 0 Å². The molecule has 1 aliphatic rings. The SMILES string of the molecule is COc1cc(Br)c(S(=O)(=O)NC2CCCNC2)cc1Cl. The Balaban J connectivity index is 2.26. The van der Waals surface area contributed by atoms with Gasteiger partial charge in [-0.1, -0.05) is 11.6 Å². The summed E-state index contributed by atoms with van der Waals surface area (Å²) in [5, 5.41) is 3.43. The molecule has 1 aliphatic heterocycles. The maximum Gasteiger partial charge on any atom is 0.242 e. The van der Waals surface area contributed by atoms with Crippen LogP contribution in [0.2, 0.25) is 5.02 Å². The summed E-state index contributed by atoms with van der Waals surface area (Å²) in [6.07, 6.45) is 1.78. The van der Waals surface area contributed by atoms with E-state index in [1.165, 1.54) is 13.2 Å². The van der Waals surface area contributed by atoms with Crippen molar-refractivity contribution in [1.29, 1.82) is 0 Å². The van der Waals surface area contributed by atoms with Gasteiger partial charge in [0, 0.05) is 17.1 Å². The monoisotopic (exact) mass is 382 g/mol. The van der Waals surface area contributed by atoms with Gasteiger partial charge in [-0.2, -0.15) is 0 Å². The van der Waals surface area contributed by atoms with E-state index in [0.717, 1.165) is 19.4 Å². The van der Waals surface area contributed by atoms with Gasteiger partial charge >= 0.3 is 0 Å². The van der Waals surface area contributed by atoms with Crippen molar-refractivity contribution in [3.05, 3.63) is 21.6 Å². The van der Waals surface area contributed by atoms with Gasteiger partial charge in [0.25, 0.3) is 0 Å². The van der Waals surface area contributed by atoms with Crippen molar-refractivity contribution in [3.8, 4) is 5.75 Å². The number of ether oxygens (including phenoxy) is 1. The Labute approximate surface area is 132 Å². The Bertz CT molecular complexity index is 589. The van der Waals surface area contributed by atoms with Gasteiger partial charge in [-0.05, 0) is 47.4 Å². The highest BCUT2D eigenvalue weighted by molar-refractivity contribution is 9.10. The molecule has 0 spiro atoms. The highest BCUT2D eigenvalue weighted by Crippen LogP contribution is 2.33. The molecule has 1 aromatic carbocycles. The number of hydrogen-bond donors (Lipinski definition) is 2. The van der Waals surface area contributed by atoms with Crippen LogP contribution < -0.4 is 14.8 Å². The van der Waals surface area contributed by atoms with Crippen LogP contribution in [0.3, 0.4) is 0 Å². The van der Waals surface area contributed by atoms with E-state index in [2.05, 4.69) is 26.0 Å². The van der Waals surface area contributed by atoms with Crippen molar-refractivity contribution in [2.24, 2.45) is 0 Å². The zero-order valence-corrected chi connectivity index (χ0v) is 14.1. The van der Waals surface area contributed by atoms with Crippen molar-refractivity contribution in [2.45, 2.75) is 23.8 Å². The predicted octanol–water partition coefficient (Wildman–Crippen LogP) is 2.14. The molecule has 112 valence electrons. The van der Waals surface area contributed by atoms with E-state index in [-0.39, 0.29) is 16.0 Å². The largest absolute Gasteiger partial charge is 0.495 e. The van der Waals surface area contributed by atoms with Crippen LogP contribution in [0.4, 0.5) is 0 Å². The molecular formula is C12H16BrClN2O3S. The minimum absolute atomic E-state index is 0.0958. The van der Waals surface area contributed by atoms with Crippen LogP contribution in [0.15, 0.2) is 21.5 Å². The summed E-state index contributed by atoms with van der Waals surface area (Å²) in [6.45, 7) is 1.57. The average molecular weight is 384 g/mol. The summed E-state index contributed by atoms with van der Waals surface area (Å²) >= 11 is 9.25. The Morgan fingerprint density at radius 3 is 2.85 bits per heavy atom. The van der Waals surface area contributed by atoms with Gasteiger partial charge in [0.2, 0.25) is 10.0 Å². The molecule has 20 heavy (non-hydrogen) atoms. The molecule has 0 aromatic heterocycles. The summed E-state index contributed by atoms with van der Waals surface area (Å²) in [6, 6.07) is 2.85. The molecule has 8 heteroatoms. The number of rotatable bonds is 4. The molecule has 1 atom stereocenters. The zero-order chi connectivity index (χ0) is 14.8. The highest BCUT2D eigenvalue weighted by atomic mass is 79.9. The number of benzene rings is 1. The number of sulfonamides is 1. The minimum atomic E-state index is -3.61. The van der Waals surface area contributed by atoms with Crippen LogP contribution in [-0.2, 0) is 10.0 Å². The van der Waals surface area contributed by atoms with Crippen LogP contribution in [-0.4, -0.2) is 34.7 Å². The minimum Gasteiger partial charge on any atom is -0.495 e. The molecule has 2 rings (SSSR count). The van der Waals surface area contributed by atoms with E-state index >= 15 is 0 Å². The summed E-state index contributed by atoms with van der Waals surface area (Å²) in [5.41, 5.74) is 0. The predicted molar refractivity (Wildman–Crippen MR) is 81.9 cm³/mol. The second kappa shape index (κ2) is 6.62. The standard InChI is InChI=1S/C12H16BrClN2O3S/c1-19-11-5-9(13)12(6-10(11)14)20(17,18)16-8-3-2-4-15-7-8/h5-6,8,15-16H,2-4,7H2,1H3. The normalized spacial score (nSPS) is 19.9. The van der Waals surface area contributed by atoms with Gasteiger partial charge in [0.05, 0.1) is 17.0 Å². The smallest absolute Gasteiger partial charge is 0.242 e. The molecule has 1 saturated heterocycles. The number of methoxy groups -OCH3 is 1. The molecule has 1 unspecified atom stereocenters. The molecule has 0 amide bonds. The van der Waals surface area contributed by atoms with Crippen molar-refractivity contribution < 1.29 is 13.2 Å². The quantitative estimate of drug-likeness (QED) is 0.836.